The average Bonchev–Trinajstić information content (AvgIpc) is 2.18. The van der Waals surface area contributed by atoms with Gasteiger partial charge in [-0.3, -0.25) is 4.79 Å². The van der Waals surface area contributed by atoms with E-state index in [4.69, 9.17) is 0 Å². The van der Waals surface area contributed by atoms with Crippen LogP contribution in [0.15, 0.2) is 35.3 Å². The Morgan fingerprint density at radius 1 is 1.64 bits per heavy atom. The zero-order valence-corrected chi connectivity index (χ0v) is 9.60. The predicted octanol–water partition coefficient (Wildman–Crippen LogP) is 2.67. The lowest BCUT2D eigenvalue weighted by Crippen LogP contribution is -2.23. The molecule has 14 heavy (non-hydrogen) atoms. The third-order valence-corrected chi connectivity index (χ3v) is 2.90. The number of rotatable bonds is 3. The summed E-state index contributed by atoms with van der Waals surface area (Å²) in [4.78, 5) is 11.6. The first kappa shape index (κ1) is 11.0. The summed E-state index contributed by atoms with van der Waals surface area (Å²) in [7, 11) is 0. The van der Waals surface area contributed by atoms with Gasteiger partial charge in [-0.05, 0) is 34.5 Å². The quantitative estimate of drug-likeness (QED) is 0.825. The van der Waals surface area contributed by atoms with Gasteiger partial charge in [0.2, 0.25) is 0 Å². The molecule has 2 nitrogen and oxygen atoms in total. The first-order chi connectivity index (χ1) is 6.66. The Labute approximate surface area is 92.1 Å². The maximum absolute atomic E-state index is 11.6. The van der Waals surface area contributed by atoms with Crippen molar-refractivity contribution in [2.24, 2.45) is 0 Å². The Morgan fingerprint density at radius 2 is 2.36 bits per heavy atom. The highest BCUT2D eigenvalue weighted by Gasteiger charge is 2.09. The van der Waals surface area contributed by atoms with E-state index in [1.54, 1.807) is 12.1 Å². The highest BCUT2D eigenvalue weighted by atomic mass is 79.9. The fraction of sp³-hybridized carbons (Fsp3) is 0.182. The van der Waals surface area contributed by atoms with Crippen LogP contribution in [0.3, 0.4) is 0 Å². The first-order valence-corrected chi connectivity index (χ1v) is 5.10. The van der Waals surface area contributed by atoms with Crippen molar-refractivity contribution in [3.8, 4) is 0 Å². The van der Waals surface area contributed by atoms with Crippen LogP contribution in [0.4, 0.5) is 0 Å². The smallest absolute Gasteiger partial charge is 0.252 e. The molecule has 0 heterocycles. The number of halogens is 1. The molecule has 0 aliphatic heterocycles. The molecular formula is C11H12BrNO. The molecule has 1 rings (SSSR count). The first-order valence-electron chi connectivity index (χ1n) is 4.31. The van der Waals surface area contributed by atoms with Gasteiger partial charge in [-0.2, -0.15) is 0 Å². The molecule has 1 aromatic rings. The monoisotopic (exact) mass is 253 g/mol. The summed E-state index contributed by atoms with van der Waals surface area (Å²) < 4.78 is 0.849. The van der Waals surface area contributed by atoms with E-state index in [2.05, 4.69) is 27.8 Å². The number of hydrogen-bond donors (Lipinski definition) is 1. The van der Waals surface area contributed by atoms with Crippen LogP contribution in [0.5, 0.6) is 0 Å². The van der Waals surface area contributed by atoms with E-state index < -0.39 is 0 Å². The van der Waals surface area contributed by atoms with Crippen molar-refractivity contribution in [3.63, 3.8) is 0 Å². The number of carbonyl (C=O) groups excluding carboxylic acids is 1. The molecule has 0 aliphatic carbocycles. The van der Waals surface area contributed by atoms with Crippen LogP contribution in [-0.4, -0.2) is 12.5 Å². The second-order valence-electron chi connectivity index (χ2n) is 2.94. The number of carbonyl (C=O) groups is 1. The molecule has 0 bridgehead atoms. The van der Waals surface area contributed by atoms with Crippen molar-refractivity contribution in [3.05, 3.63) is 46.5 Å². The van der Waals surface area contributed by atoms with Crippen molar-refractivity contribution >= 4 is 21.8 Å². The van der Waals surface area contributed by atoms with Gasteiger partial charge in [0.25, 0.3) is 5.91 Å². The molecule has 0 spiro atoms. The molecule has 1 amide bonds. The molecule has 0 aliphatic rings. The summed E-state index contributed by atoms with van der Waals surface area (Å²) >= 11 is 3.39. The highest BCUT2D eigenvalue weighted by molar-refractivity contribution is 9.10. The summed E-state index contributed by atoms with van der Waals surface area (Å²) in [5.74, 6) is -0.0829. The minimum absolute atomic E-state index is 0.0829. The Morgan fingerprint density at radius 3 is 3.00 bits per heavy atom. The van der Waals surface area contributed by atoms with Crippen molar-refractivity contribution in [1.82, 2.24) is 5.32 Å². The lowest BCUT2D eigenvalue weighted by molar-refractivity contribution is 0.0957. The fourth-order valence-electron chi connectivity index (χ4n) is 1.08. The minimum atomic E-state index is -0.0829. The van der Waals surface area contributed by atoms with Crippen LogP contribution in [0.1, 0.15) is 15.9 Å². The lowest BCUT2D eigenvalue weighted by Gasteiger charge is -2.06. The van der Waals surface area contributed by atoms with Gasteiger partial charge in [-0.25, -0.2) is 0 Å². The molecule has 0 fully saturated rings. The van der Waals surface area contributed by atoms with E-state index in [0.29, 0.717) is 12.1 Å². The van der Waals surface area contributed by atoms with E-state index in [0.717, 1.165) is 10.0 Å². The van der Waals surface area contributed by atoms with E-state index in [1.807, 2.05) is 19.1 Å². The molecule has 0 saturated heterocycles. The van der Waals surface area contributed by atoms with Gasteiger partial charge in [-0.1, -0.05) is 18.2 Å². The van der Waals surface area contributed by atoms with Gasteiger partial charge in [-0.15, -0.1) is 6.58 Å². The van der Waals surface area contributed by atoms with Crippen LogP contribution in [-0.2, 0) is 0 Å². The Kier molecular flexibility index (Phi) is 3.89. The topological polar surface area (TPSA) is 29.1 Å². The summed E-state index contributed by atoms with van der Waals surface area (Å²) in [6.07, 6.45) is 1.65. The maximum Gasteiger partial charge on any atom is 0.252 e. The Balaban J connectivity index is 2.89. The van der Waals surface area contributed by atoms with E-state index in [1.165, 1.54) is 0 Å². The Bertz CT molecular complexity index is 360. The normalized spacial score (nSPS) is 9.57. The van der Waals surface area contributed by atoms with Crippen LogP contribution in [0, 0.1) is 6.92 Å². The molecule has 1 aromatic carbocycles. The zero-order chi connectivity index (χ0) is 10.6. The molecule has 3 heteroatoms. The molecule has 0 aromatic heterocycles. The summed E-state index contributed by atoms with van der Waals surface area (Å²) in [6, 6.07) is 5.60. The fourth-order valence-corrected chi connectivity index (χ4v) is 1.53. The Hall–Kier alpha value is -1.09. The summed E-state index contributed by atoms with van der Waals surface area (Å²) in [6.45, 7) is 5.98. The second-order valence-corrected chi connectivity index (χ2v) is 3.73. The largest absolute Gasteiger partial charge is 0.349 e. The van der Waals surface area contributed by atoms with Gasteiger partial charge < -0.3 is 5.32 Å². The average molecular weight is 254 g/mol. The third kappa shape index (κ3) is 2.45. The molecule has 0 atom stereocenters. The van der Waals surface area contributed by atoms with Crippen molar-refractivity contribution in [2.75, 3.05) is 6.54 Å². The predicted molar refractivity (Wildman–Crippen MR) is 61.4 cm³/mol. The number of aryl methyl sites for hydroxylation is 1. The van der Waals surface area contributed by atoms with Gasteiger partial charge in [0, 0.05) is 11.0 Å². The van der Waals surface area contributed by atoms with Crippen LogP contribution in [0.25, 0.3) is 0 Å². The van der Waals surface area contributed by atoms with Gasteiger partial charge in [0.15, 0.2) is 0 Å². The van der Waals surface area contributed by atoms with E-state index >= 15 is 0 Å². The molecular weight excluding hydrogens is 242 g/mol. The van der Waals surface area contributed by atoms with E-state index in [9.17, 15) is 4.79 Å². The molecule has 1 N–H and O–H groups in total. The number of hydrogen-bond acceptors (Lipinski definition) is 1. The molecule has 0 unspecified atom stereocenters. The van der Waals surface area contributed by atoms with Crippen LogP contribution < -0.4 is 5.32 Å². The maximum atomic E-state index is 11.6. The number of benzene rings is 1. The van der Waals surface area contributed by atoms with Crippen molar-refractivity contribution < 1.29 is 4.79 Å². The van der Waals surface area contributed by atoms with Gasteiger partial charge in [0.1, 0.15) is 0 Å². The van der Waals surface area contributed by atoms with Crippen LogP contribution in [0.2, 0.25) is 0 Å². The zero-order valence-electron chi connectivity index (χ0n) is 8.01. The van der Waals surface area contributed by atoms with Crippen molar-refractivity contribution in [2.45, 2.75) is 6.92 Å². The summed E-state index contributed by atoms with van der Waals surface area (Å²) in [5.41, 5.74) is 1.71. The number of nitrogens with one attached hydrogen (secondary N) is 1. The van der Waals surface area contributed by atoms with Gasteiger partial charge >= 0.3 is 0 Å². The molecule has 0 saturated carbocycles. The molecule has 74 valence electrons. The highest BCUT2D eigenvalue weighted by Crippen LogP contribution is 2.20. The standard InChI is InChI=1S/C11H12BrNO/c1-3-7-13-11(14)9-6-4-5-8(2)10(9)12/h3-6H,1,7H2,2H3,(H,13,14). The van der Waals surface area contributed by atoms with Crippen LogP contribution >= 0.6 is 15.9 Å². The number of amides is 1. The summed E-state index contributed by atoms with van der Waals surface area (Å²) in [5, 5.41) is 2.73. The second kappa shape index (κ2) is 4.96. The SMILES string of the molecule is C=CCNC(=O)c1cccc(C)c1Br. The van der Waals surface area contributed by atoms with Crippen molar-refractivity contribution in [1.29, 1.82) is 0 Å². The third-order valence-electron chi connectivity index (χ3n) is 1.84. The van der Waals surface area contributed by atoms with E-state index in [-0.39, 0.29) is 5.91 Å². The molecule has 0 radical (unpaired) electrons. The minimum Gasteiger partial charge on any atom is -0.349 e. The lowest BCUT2D eigenvalue weighted by atomic mass is 10.1. The van der Waals surface area contributed by atoms with Gasteiger partial charge in [0.05, 0.1) is 5.56 Å².